The molecule has 4 aromatic rings. The first kappa shape index (κ1) is 28.4. The summed E-state index contributed by atoms with van der Waals surface area (Å²) in [6.07, 6.45) is 1.54. The van der Waals surface area contributed by atoms with Crippen LogP contribution in [0.2, 0.25) is 5.02 Å². The van der Waals surface area contributed by atoms with Gasteiger partial charge in [0.1, 0.15) is 12.3 Å². The molecule has 11 heteroatoms. The van der Waals surface area contributed by atoms with E-state index in [2.05, 4.69) is 31.0 Å². The number of ether oxygens (including phenoxy) is 1. The Balaban J connectivity index is 1.56. The molecule has 1 heterocycles. The maximum atomic E-state index is 13.5. The fourth-order valence-corrected chi connectivity index (χ4v) is 6.14. The largest absolute Gasteiger partial charge is 0.497 e. The van der Waals surface area contributed by atoms with Gasteiger partial charge in [0.15, 0.2) is 0 Å². The van der Waals surface area contributed by atoms with Crippen molar-refractivity contribution in [3.05, 3.63) is 105 Å². The number of benzene rings is 3. The number of aryl methyl sites for hydroxylation is 1. The lowest BCUT2D eigenvalue weighted by Crippen LogP contribution is -2.39. The van der Waals surface area contributed by atoms with Gasteiger partial charge in [0, 0.05) is 26.4 Å². The molecule has 0 spiro atoms. The summed E-state index contributed by atoms with van der Waals surface area (Å²) >= 11 is 9.72. The Hall–Kier alpha value is -3.60. The van der Waals surface area contributed by atoms with Crippen LogP contribution in [-0.2, 0) is 14.8 Å². The number of carbonyl (C=O) groups excluding carboxylic acids is 1. The number of halogens is 2. The predicted octanol–water partition coefficient (Wildman–Crippen LogP) is 5.86. The van der Waals surface area contributed by atoms with Crippen molar-refractivity contribution in [2.75, 3.05) is 18.0 Å². The van der Waals surface area contributed by atoms with E-state index < -0.39 is 22.5 Å². The topological polar surface area (TPSA) is 93.0 Å². The molecular weight excluding hydrogens is 604 g/mol. The van der Waals surface area contributed by atoms with Crippen molar-refractivity contribution >= 4 is 55.4 Å². The minimum atomic E-state index is -4.11. The van der Waals surface area contributed by atoms with Gasteiger partial charge in [0.2, 0.25) is 0 Å². The van der Waals surface area contributed by atoms with Gasteiger partial charge in [-0.15, -0.1) is 0 Å². The van der Waals surface area contributed by atoms with Gasteiger partial charge in [-0.3, -0.25) is 9.10 Å². The van der Waals surface area contributed by atoms with Crippen LogP contribution in [0, 0.1) is 13.8 Å². The van der Waals surface area contributed by atoms with Crippen molar-refractivity contribution in [2.24, 2.45) is 5.10 Å². The third-order valence-corrected chi connectivity index (χ3v) is 8.68. The van der Waals surface area contributed by atoms with Crippen molar-refractivity contribution in [2.45, 2.75) is 18.7 Å². The predicted molar refractivity (Wildman–Crippen MR) is 158 cm³/mol. The van der Waals surface area contributed by atoms with E-state index in [-0.39, 0.29) is 10.6 Å². The van der Waals surface area contributed by atoms with Gasteiger partial charge in [0.25, 0.3) is 15.9 Å². The Labute approximate surface area is 241 Å². The highest BCUT2D eigenvalue weighted by Crippen LogP contribution is 2.28. The number of rotatable bonds is 9. The second-order valence-corrected chi connectivity index (χ2v) is 11.7. The summed E-state index contributed by atoms with van der Waals surface area (Å²) in [4.78, 5) is 12.9. The fraction of sp³-hybridized carbons (Fsp3) is 0.143. The second-order valence-electron chi connectivity index (χ2n) is 8.57. The minimum absolute atomic E-state index is 0.000843. The first-order valence-corrected chi connectivity index (χ1v) is 14.4. The number of methoxy groups -OCH3 is 1. The summed E-state index contributed by atoms with van der Waals surface area (Å²) in [7, 11) is -2.62. The summed E-state index contributed by atoms with van der Waals surface area (Å²) < 4.78 is 36.2. The average molecular weight is 630 g/mol. The second kappa shape index (κ2) is 12.1. The Morgan fingerprint density at radius 1 is 1.08 bits per heavy atom. The SMILES string of the molecule is COc1ccc(S(=O)(=O)N(CC(=O)N/N=C\c2cc(C)n(-c3ccccc3Br)c2C)c2cccc(Cl)c2)cc1. The first-order chi connectivity index (χ1) is 18.6. The molecule has 1 amide bonds. The Kier molecular flexibility index (Phi) is 8.79. The van der Waals surface area contributed by atoms with Gasteiger partial charge in [-0.05, 0) is 90.4 Å². The van der Waals surface area contributed by atoms with E-state index in [4.69, 9.17) is 16.3 Å². The zero-order chi connectivity index (χ0) is 28.2. The van der Waals surface area contributed by atoms with E-state index in [0.29, 0.717) is 10.8 Å². The third-order valence-electron chi connectivity index (χ3n) is 5.99. The van der Waals surface area contributed by atoms with Crippen LogP contribution >= 0.6 is 27.5 Å². The van der Waals surface area contributed by atoms with Crippen molar-refractivity contribution < 1.29 is 17.9 Å². The highest BCUT2D eigenvalue weighted by Gasteiger charge is 2.27. The van der Waals surface area contributed by atoms with Crippen LogP contribution in [0.25, 0.3) is 5.69 Å². The number of hydrogen-bond acceptors (Lipinski definition) is 5. The lowest BCUT2D eigenvalue weighted by molar-refractivity contribution is -0.119. The zero-order valence-electron chi connectivity index (χ0n) is 21.4. The Bertz CT molecular complexity index is 1640. The van der Waals surface area contributed by atoms with Crippen LogP contribution in [0.3, 0.4) is 0 Å². The number of hydrogen-bond donors (Lipinski definition) is 1. The molecule has 0 aliphatic rings. The van der Waals surface area contributed by atoms with Crippen LogP contribution in [0.1, 0.15) is 17.0 Å². The van der Waals surface area contributed by atoms with E-state index in [1.54, 1.807) is 18.2 Å². The summed E-state index contributed by atoms with van der Waals surface area (Å²) in [5.74, 6) is -0.114. The Morgan fingerprint density at radius 2 is 1.79 bits per heavy atom. The van der Waals surface area contributed by atoms with Crippen molar-refractivity contribution in [3.8, 4) is 11.4 Å². The number of aromatic nitrogens is 1. The number of sulfonamides is 1. The molecule has 0 atom stereocenters. The van der Waals surface area contributed by atoms with Gasteiger partial charge < -0.3 is 9.30 Å². The smallest absolute Gasteiger partial charge is 0.264 e. The van der Waals surface area contributed by atoms with Crippen molar-refractivity contribution in [3.63, 3.8) is 0 Å². The number of para-hydroxylation sites is 1. The van der Waals surface area contributed by atoms with E-state index >= 15 is 0 Å². The van der Waals surface area contributed by atoms with Crippen molar-refractivity contribution in [1.82, 2.24) is 9.99 Å². The first-order valence-electron chi connectivity index (χ1n) is 11.8. The molecule has 1 N–H and O–H groups in total. The molecule has 0 fully saturated rings. The van der Waals surface area contributed by atoms with E-state index in [0.717, 1.165) is 31.4 Å². The monoisotopic (exact) mass is 628 g/mol. The van der Waals surface area contributed by atoms with E-state index in [1.165, 1.54) is 43.7 Å². The minimum Gasteiger partial charge on any atom is -0.497 e. The van der Waals surface area contributed by atoms with Crippen LogP contribution in [0.5, 0.6) is 5.75 Å². The number of anilines is 1. The normalized spacial score (nSPS) is 11.5. The maximum Gasteiger partial charge on any atom is 0.264 e. The number of carbonyl (C=O) groups is 1. The molecule has 0 saturated heterocycles. The lowest BCUT2D eigenvalue weighted by Gasteiger charge is -2.24. The van der Waals surface area contributed by atoms with Gasteiger partial charge in [-0.25, -0.2) is 13.8 Å². The third kappa shape index (κ3) is 6.35. The fourth-order valence-electron chi connectivity index (χ4n) is 4.08. The number of nitrogens with zero attached hydrogens (tertiary/aromatic N) is 3. The van der Waals surface area contributed by atoms with Crippen LogP contribution in [0.15, 0.2) is 93.3 Å². The van der Waals surface area contributed by atoms with Crippen LogP contribution < -0.4 is 14.5 Å². The number of hydrazone groups is 1. The van der Waals surface area contributed by atoms with Gasteiger partial charge in [0.05, 0.1) is 29.6 Å². The molecule has 0 aliphatic heterocycles. The van der Waals surface area contributed by atoms with Crippen molar-refractivity contribution in [1.29, 1.82) is 0 Å². The summed E-state index contributed by atoms with van der Waals surface area (Å²) in [6, 6.07) is 22.0. The standard InChI is InChI=1S/C28H26BrClN4O4S/c1-19-15-21(20(2)34(19)27-10-5-4-9-26(27)29)17-31-32-28(35)18-33(23-8-6-7-22(30)16-23)39(36,37)25-13-11-24(38-3)12-14-25/h4-17H,18H2,1-3H3,(H,32,35)/b31-17-. The summed E-state index contributed by atoms with van der Waals surface area (Å²) in [5, 5.41) is 4.44. The molecule has 202 valence electrons. The molecule has 0 saturated carbocycles. The molecule has 8 nitrogen and oxygen atoms in total. The molecule has 0 radical (unpaired) electrons. The zero-order valence-corrected chi connectivity index (χ0v) is 24.6. The van der Waals surface area contributed by atoms with E-state index in [1.807, 2.05) is 44.2 Å². The molecule has 4 rings (SSSR count). The van der Waals surface area contributed by atoms with E-state index in [9.17, 15) is 13.2 Å². The summed E-state index contributed by atoms with van der Waals surface area (Å²) in [5.41, 5.74) is 6.40. The van der Waals surface area contributed by atoms with Gasteiger partial charge in [-0.2, -0.15) is 5.10 Å². The molecule has 0 unspecified atom stereocenters. The highest BCUT2D eigenvalue weighted by atomic mass is 79.9. The number of amides is 1. The molecular formula is C28H26BrClN4O4S. The van der Waals surface area contributed by atoms with Gasteiger partial charge in [-0.1, -0.05) is 29.8 Å². The molecule has 0 bridgehead atoms. The number of nitrogens with one attached hydrogen (secondary N) is 1. The maximum absolute atomic E-state index is 13.5. The summed E-state index contributed by atoms with van der Waals surface area (Å²) in [6.45, 7) is 3.43. The molecule has 0 aliphatic carbocycles. The molecule has 1 aromatic heterocycles. The van der Waals surface area contributed by atoms with Crippen LogP contribution in [-0.4, -0.2) is 38.8 Å². The van der Waals surface area contributed by atoms with Gasteiger partial charge >= 0.3 is 0 Å². The molecule has 39 heavy (non-hydrogen) atoms. The Morgan fingerprint density at radius 3 is 2.46 bits per heavy atom. The average Bonchev–Trinajstić information content (AvgIpc) is 3.20. The lowest BCUT2D eigenvalue weighted by atomic mass is 10.2. The highest BCUT2D eigenvalue weighted by molar-refractivity contribution is 9.10. The quantitative estimate of drug-likeness (QED) is 0.185. The van der Waals surface area contributed by atoms with Crippen LogP contribution in [0.4, 0.5) is 5.69 Å². The molecule has 3 aromatic carbocycles.